The first kappa shape index (κ1) is 31.5. The molecular weight excluding hydrogens is 652 g/mol. The average Bonchev–Trinajstić information content (AvgIpc) is 3.47. The van der Waals surface area contributed by atoms with Gasteiger partial charge in [0, 0.05) is 40.1 Å². The quantitative estimate of drug-likeness (QED) is 0.176. The highest BCUT2D eigenvalue weighted by Crippen LogP contribution is 2.47. The highest BCUT2D eigenvalue weighted by atomic mass is 32.1. The molecule has 2 bridgehead atoms. The third-order valence-corrected chi connectivity index (χ3v) is 9.71. The van der Waals surface area contributed by atoms with Crippen LogP contribution in [0.4, 0.5) is 31.5 Å². The number of hydrogen-bond donors (Lipinski definition) is 1. The molecule has 0 radical (unpaired) electrons. The summed E-state index contributed by atoms with van der Waals surface area (Å²) in [6.45, 7) is 0.102. The van der Waals surface area contributed by atoms with Gasteiger partial charge in [-0.15, -0.1) is 24.5 Å². The molecule has 1 N–H and O–H groups in total. The highest BCUT2D eigenvalue weighted by molar-refractivity contribution is 7.14. The number of benzene rings is 2. The SMILES string of the molecule is O=C(O)c1ccc(-c2csc(N3[C@@H]4CC[C@H]3C[C@@H](OCc3c(-c5ccccc5OC(F)(F)F)noc3C3CC3)C4)n2)cc1C(F)(F)F. The molecule has 4 aromatic rings. The number of aromatic nitrogens is 2. The Hall–Kier alpha value is -4.11. The summed E-state index contributed by atoms with van der Waals surface area (Å²) in [5.41, 5.74) is -0.523. The zero-order valence-electron chi connectivity index (χ0n) is 24.5. The molecule has 15 heteroatoms. The Kier molecular flexibility index (Phi) is 7.94. The molecule has 8 nitrogen and oxygen atoms in total. The number of thiazole rings is 1. The Balaban J connectivity index is 1.07. The molecule has 2 aromatic heterocycles. The summed E-state index contributed by atoms with van der Waals surface area (Å²) in [4.78, 5) is 18.2. The van der Waals surface area contributed by atoms with Crippen LogP contribution in [0.5, 0.6) is 5.75 Å². The molecule has 3 atom stereocenters. The van der Waals surface area contributed by atoms with E-state index in [0.717, 1.165) is 37.8 Å². The van der Waals surface area contributed by atoms with Crippen molar-refractivity contribution in [3.63, 3.8) is 0 Å². The van der Waals surface area contributed by atoms with E-state index in [1.54, 1.807) is 11.4 Å². The van der Waals surface area contributed by atoms with Crippen LogP contribution in [0.3, 0.4) is 0 Å². The number of fused-ring (bicyclic) bond motifs is 2. The van der Waals surface area contributed by atoms with Gasteiger partial charge in [0.05, 0.1) is 29.5 Å². The lowest BCUT2D eigenvalue weighted by molar-refractivity contribution is -0.274. The minimum absolute atomic E-state index is 0.0728. The maximum Gasteiger partial charge on any atom is 0.573 e. The molecule has 1 aliphatic carbocycles. The van der Waals surface area contributed by atoms with Crippen molar-refractivity contribution in [3.05, 3.63) is 70.3 Å². The van der Waals surface area contributed by atoms with E-state index in [2.05, 4.69) is 19.8 Å². The zero-order chi connectivity index (χ0) is 33.1. The minimum atomic E-state index is -4.88. The zero-order valence-corrected chi connectivity index (χ0v) is 25.3. The molecule has 2 aliphatic heterocycles. The maximum absolute atomic E-state index is 13.6. The molecule has 2 saturated heterocycles. The van der Waals surface area contributed by atoms with E-state index in [9.17, 15) is 36.2 Å². The molecule has 248 valence electrons. The number of carboxylic acid groups (broad SMARTS) is 1. The fourth-order valence-corrected chi connectivity index (χ4v) is 7.61. The van der Waals surface area contributed by atoms with Crippen LogP contribution in [0, 0.1) is 0 Å². The van der Waals surface area contributed by atoms with Crippen molar-refractivity contribution < 1.29 is 50.2 Å². The van der Waals surface area contributed by atoms with E-state index < -0.39 is 29.6 Å². The van der Waals surface area contributed by atoms with Gasteiger partial charge < -0.3 is 24.0 Å². The Labute approximate surface area is 267 Å². The van der Waals surface area contributed by atoms with Crippen molar-refractivity contribution in [2.24, 2.45) is 0 Å². The van der Waals surface area contributed by atoms with Crippen LogP contribution in [-0.2, 0) is 17.5 Å². The standard InChI is InChI=1S/C32H27F6N3O5S/c33-31(34,35)24-11-17(7-10-21(24)29(42)43)25-15-47-30(39-25)41-18-8-9-19(41)13-20(12-18)44-14-23-27(40-46-28(23)16-5-6-16)22-3-1-2-4-26(22)45-32(36,37)38/h1-4,7,10-11,15-16,18-20H,5-6,8-9,12-14H2,(H,42,43)/t18-,19+,20+. The summed E-state index contributed by atoms with van der Waals surface area (Å²) >= 11 is 1.32. The molecular formula is C32H27F6N3O5S. The van der Waals surface area contributed by atoms with Crippen LogP contribution >= 0.6 is 11.3 Å². The number of halogens is 6. The predicted octanol–water partition coefficient (Wildman–Crippen LogP) is 8.67. The van der Waals surface area contributed by atoms with Gasteiger partial charge in [0.25, 0.3) is 0 Å². The van der Waals surface area contributed by atoms with Gasteiger partial charge >= 0.3 is 18.5 Å². The topological polar surface area (TPSA) is 97.9 Å². The Morgan fingerprint density at radius 1 is 1.02 bits per heavy atom. The normalized spacial score (nSPS) is 21.3. The van der Waals surface area contributed by atoms with E-state index in [4.69, 9.17) is 9.26 Å². The number of anilines is 1. The van der Waals surface area contributed by atoms with Crippen molar-refractivity contribution in [2.45, 2.75) is 81.8 Å². The fraction of sp³-hybridized carbons (Fsp3) is 0.406. The Morgan fingerprint density at radius 3 is 2.40 bits per heavy atom. The third-order valence-electron chi connectivity index (χ3n) is 8.85. The largest absolute Gasteiger partial charge is 0.573 e. The first-order valence-corrected chi connectivity index (χ1v) is 15.9. The maximum atomic E-state index is 13.6. The van der Waals surface area contributed by atoms with E-state index in [-0.39, 0.29) is 53.3 Å². The number of piperidine rings is 1. The smallest absolute Gasteiger partial charge is 0.478 e. The van der Waals surface area contributed by atoms with Gasteiger partial charge in [-0.25, -0.2) is 9.78 Å². The van der Waals surface area contributed by atoms with Gasteiger partial charge in [0.2, 0.25) is 0 Å². The molecule has 0 amide bonds. The molecule has 2 aromatic carbocycles. The van der Waals surface area contributed by atoms with Crippen LogP contribution in [0.15, 0.2) is 52.4 Å². The second-order valence-electron chi connectivity index (χ2n) is 12.0. The van der Waals surface area contributed by atoms with Crippen LogP contribution in [0.25, 0.3) is 22.5 Å². The van der Waals surface area contributed by atoms with Crippen molar-refractivity contribution in [1.82, 2.24) is 10.1 Å². The second-order valence-corrected chi connectivity index (χ2v) is 12.8. The third kappa shape index (κ3) is 6.42. The van der Waals surface area contributed by atoms with Crippen LogP contribution in [0.2, 0.25) is 0 Å². The van der Waals surface area contributed by atoms with Crippen LogP contribution in [-0.4, -0.2) is 45.8 Å². The van der Waals surface area contributed by atoms with E-state index >= 15 is 0 Å². The number of carbonyl (C=O) groups is 1. The Bertz CT molecular complexity index is 1790. The van der Waals surface area contributed by atoms with E-state index in [0.29, 0.717) is 35.0 Å². The Morgan fingerprint density at radius 2 is 1.74 bits per heavy atom. The molecule has 7 rings (SSSR count). The summed E-state index contributed by atoms with van der Waals surface area (Å²) in [5.74, 6) is -1.29. The average molecular weight is 680 g/mol. The first-order chi connectivity index (χ1) is 22.4. The van der Waals surface area contributed by atoms with Gasteiger partial charge in [-0.3, -0.25) is 0 Å². The lowest BCUT2D eigenvalue weighted by Crippen LogP contribution is -2.45. The number of ether oxygens (including phenoxy) is 2. The fourth-order valence-electron chi connectivity index (χ4n) is 6.63. The number of nitrogens with zero attached hydrogens (tertiary/aromatic N) is 3. The molecule has 4 heterocycles. The molecule has 3 fully saturated rings. The van der Waals surface area contributed by atoms with Crippen LogP contribution < -0.4 is 9.64 Å². The first-order valence-electron chi connectivity index (χ1n) is 15.0. The van der Waals surface area contributed by atoms with Crippen molar-refractivity contribution in [1.29, 1.82) is 0 Å². The van der Waals surface area contributed by atoms with Crippen molar-refractivity contribution in [3.8, 4) is 28.3 Å². The number of rotatable bonds is 9. The van der Waals surface area contributed by atoms with Gasteiger partial charge in [0.1, 0.15) is 17.2 Å². The molecule has 1 saturated carbocycles. The molecule has 0 spiro atoms. The summed E-state index contributed by atoms with van der Waals surface area (Å²) in [7, 11) is 0. The number of aromatic carboxylic acids is 1. The molecule has 3 aliphatic rings. The number of hydrogen-bond acceptors (Lipinski definition) is 8. The lowest BCUT2D eigenvalue weighted by Gasteiger charge is -2.38. The summed E-state index contributed by atoms with van der Waals surface area (Å²) < 4.78 is 96.5. The van der Waals surface area contributed by atoms with Gasteiger partial charge in [-0.05, 0) is 62.8 Å². The highest BCUT2D eigenvalue weighted by Gasteiger charge is 2.43. The molecule has 47 heavy (non-hydrogen) atoms. The van der Waals surface area contributed by atoms with E-state index in [1.807, 2.05) is 0 Å². The molecule has 0 unspecified atom stereocenters. The summed E-state index contributed by atoms with van der Waals surface area (Å²) in [6, 6.07) is 9.03. The van der Waals surface area contributed by atoms with E-state index in [1.165, 1.54) is 35.6 Å². The summed E-state index contributed by atoms with van der Waals surface area (Å²) in [5, 5.41) is 15.7. The monoisotopic (exact) mass is 679 g/mol. The number of para-hydroxylation sites is 1. The van der Waals surface area contributed by atoms with Gasteiger partial charge in [0.15, 0.2) is 5.13 Å². The summed E-state index contributed by atoms with van der Waals surface area (Å²) in [6.07, 6.45) is -5.03. The number of carboxylic acids is 1. The van der Waals surface area contributed by atoms with Gasteiger partial charge in [-0.2, -0.15) is 13.2 Å². The lowest BCUT2D eigenvalue weighted by atomic mass is 9.99. The van der Waals surface area contributed by atoms with Crippen molar-refractivity contribution in [2.75, 3.05) is 4.90 Å². The van der Waals surface area contributed by atoms with Crippen molar-refractivity contribution >= 4 is 22.4 Å². The van der Waals surface area contributed by atoms with Gasteiger partial charge in [-0.1, -0.05) is 23.4 Å². The second kappa shape index (κ2) is 11.8. The van der Waals surface area contributed by atoms with Crippen LogP contribution in [0.1, 0.15) is 71.7 Å². The predicted molar refractivity (Wildman–Crippen MR) is 157 cm³/mol. The number of alkyl halides is 6. The minimum Gasteiger partial charge on any atom is -0.478 e.